The van der Waals surface area contributed by atoms with E-state index in [0.29, 0.717) is 11.8 Å². The highest BCUT2D eigenvalue weighted by atomic mass is 32.2. The first-order chi connectivity index (χ1) is 8.59. The maximum atomic E-state index is 12.0. The predicted molar refractivity (Wildman–Crippen MR) is 71.4 cm³/mol. The van der Waals surface area contributed by atoms with Gasteiger partial charge in [0.1, 0.15) is 0 Å². The highest BCUT2D eigenvalue weighted by Gasteiger charge is 2.18. The Morgan fingerprint density at radius 1 is 1.50 bits per heavy atom. The maximum Gasteiger partial charge on any atom is 0.328 e. The summed E-state index contributed by atoms with van der Waals surface area (Å²) in [5.74, 6) is 0.755. The van der Waals surface area contributed by atoms with Gasteiger partial charge >= 0.3 is 5.69 Å². The molecule has 0 amide bonds. The van der Waals surface area contributed by atoms with E-state index >= 15 is 0 Å². The molecule has 1 aliphatic heterocycles. The Labute approximate surface area is 109 Å². The summed E-state index contributed by atoms with van der Waals surface area (Å²) < 4.78 is 1.15. The van der Waals surface area contributed by atoms with E-state index in [2.05, 4.69) is 4.98 Å². The second-order valence-electron chi connectivity index (χ2n) is 4.47. The molecule has 6 heteroatoms. The molecule has 0 radical (unpaired) electrons. The third kappa shape index (κ3) is 2.75. The molecule has 1 aliphatic rings. The lowest BCUT2D eigenvalue weighted by atomic mass is 10.2. The topological polar surface area (TPSA) is 71.9 Å². The van der Waals surface area contributed by atoms with Gasteiger partial charge in [-0.1, -0.05) is 6.42 Å². The molecule has 1 aromatic rings. The lowest BCUT2D eigenvalue weighted by Gasteiger charge is -2.21. The van der Waals surface area contributed by atoms with Gasteiger partial charge in [0.15, 0.2) is 5.78 Å². The predicted octanol–water partition coefficient (Wildman–Crippen LogP) is 1.02. The van der Waals surface area contributed by atoms with Crippen molar-refractivity contribution >= 4 is 17.5 Å². The van der Waals surface area contributed by atoms with Gasteiger partial charge in [0.05, 0.1) is 5.56 Å². The van der Waals surface area contributed by atoms with E-state index in [1.165, 1.54) is 19.5 Å². The molecule has 0 aliphatic carbocycles. The molecule has 98 valence electrons. The Kier molecular flexibility index (Phi) is 4.06. The number of hydrogen-bond acceptors (Lipinski definition) is 4. The minimum atomic E-state index is -0.475. The average molecular weight is 268 g/mol. The number of Topliss-reactive ketones (excluding diaryl/α,β-unsaturated/α-hetero) is 1. The van der Waals surface area contributed by atoms with Crippen LogP contribution < -0.4 is 11.2 Å². The SMILES string of the molecule is CC(=O)c1c[nH]c(=O)n(CC2CCCCS2)c1=O. The van der Waals surface area contributed by atoms with Crippen molar-refractivity contribution in [3.8, 4) is 0 Å². The zero-order chi connectivity index (χ0) is 13.1. The van der Waals surface area contributed by atoms with E-state index in [0.717, 1.165) is 23.2 Å². The van der Waals surface area contributed by atoms with Crippen molar-refractivity contribution in [1.82, 2.24) is 9.55 Å². The van der Waals surface area contributed by atoms with Gasteiger partial charge in [-0.25, -0.2) is 4.79 Å². The monoisotopic (exact) mass is 268 g/mol. The first-order valence-electron chi connectivity index (χ1n) is 6.04. The average Bonchev–Trinajstić information content (AvgIpc) is 2.35. The molecule has 5 nitrogen and oxygen atoms in total. The van der Waals surface area contributed by atoms with E-state index in [4.69, 9.17) is 0 Å². The number of nitrogens with zero attached hydrogens (tertiary/aromatic N) is 1. The van der Waals surface area contributed by atoms with E-state index in [9.17, 15) is 14.4 Å². The van der Waals surface area contributed by atoms with Crippen LogP contribution in [-0.4, -0.2) is 26.3 Å². The second-order valence-corrected chi connectivity index (χ2v) is 5.88. The van der Waals surface area contributed by atoms with Crippen LogP contribution in [0, 0.1) is 0 Å². The van der Waals surface area contributed by atoms with Crippen molar-refractivity contribution in [3.05, 3.63) is 32.6 Å². The fourth-order valence-electron chi connectivity index (χ4n) is 2.08. The molecule has 2 rings (SSSR count). The van der Waals surface area contributed by atoms with Crippen molar-refractivity contribution in [3.63, 3.8) is 0 Å². The number of carbonyl (C=O) groups is 1. The summed E-state index contributed by atoms with van der Waals surface area (Å²) in [6.45, 7) is 1.72. The number of H-pyrrole nitrogens is 1. The Hall–Kier alpha value is -1.30. The molecule has 1 unspecified atom stereocenters. The molecule has 1 N–H and O–H groups in total. The number of hydrogen-bond donors (Lipinski definition) is 1. The van der Waals surface area contributed by atoms with Crippen LogP contribution in [0.4, 0.5) is 0 Å². The molecule has 2 heterocycles. The van der Waals surface area contributed by atoms with Gasteiger partial charge in [0.25, 0.3) is 5.56 Å². The lowest BCUT2D eigenvalue weighted by molar-refractivity contribution is 0.101. The molecule has 1 aromatic heterocycles. The molecule has 18 heavy (non-hydrogen) atoms. The third-order valence-corrected chi connectivity index (χ3v) is 4.48. The fourth-order valence-corrected chi connectivity index (χ4v) is 3.38. The van der Waals surface area contributed by atoms with Gasteiger partial charge in [0.2, 0.25) is 0 Å². The lowest BCUT2D eigenvalue weighted by Crippen LogP contribution is -2.40. The van der Waals surface area contributed by atoms with Crippen LogP contribution in [0.2, 0.25) is 0 Å². The summed E-state index contributed by atoms with van der Waals surface area (Å²) in [6.07, 6.45) is 4.55. The Bertz CT molecular complexity index is 555. The molecular weight excluding hydrogens is 252 g/mol. The number of aromatic nitrogens is 2. The van der Waals surface area contributed by atoms with Gasteiger partial charge in [-0.05, 0) is 25.5 Å². The molecule has 0 aromatic carbocycles. The van der Waals surface area contributed by atoms with Gasteiger partial charge in [0, 0.05) is 18.0 Å². The number of rotatable bonds is 3. The summed E-state index contributed by atoms with van der Waals surface area (Å²) in [5, 5.41) is 0.291. The quantitative estimate of drug-likeness (QED) is 0.831. The van der Waals surface area contributed by atoms with Crippen LogP contribution in [0.5, 0.6) is 0 Å². The van der Waals surface area contributed by atoms with E-state index in [-0.39, 0.29) is 11.3 Å². The molecule has 1 saturated heterocycles. The Morgan fingerprint density at radius 3 is 2.89 bits per heavy atom. The number of carbonyl (C=O) groups excluding carboxylic acids is 1. The van der Waals surface area contributed by atoms with E-state index in [1.807, 2.05) is 0 Å². The largest absolute Gasteiger partial charge is 0.328 e. The summed E-state index contributed by atoms with van der Waals surface area (Å²) >= 11 is 1.79. The van der Waals surface area contributed by atoms with Gasteiger partial charge in [-0.2, -0.15) is 11.8 Å². The van der Waals surface area contributed by atoms with Crippen molar-refractivity contribution < 1.29 is 4.79 Å². The zero-order valence-electron chi connectivity index (χ0n) is 10.3. The Balaban J connectivity index is 2.31. The second kappa shape index (κ2) is 5.56. The standard InChI is InChI=1S/C12H16N2O3S/c1-8(15)10-6-13-12(17)14(11(10)16)7-9-4-2-3-5-18-9/h6,9H,2-5,7H2,1H3,(H,13,17). The zero-order valence-corrected chi connectivity index (χ0v) is 11.1. The minimum absolute atomic E-state index is 0.0513. The molecule has 0 spiro atoms. The van der Waals surface area contributed by atoms with Crippen LogP contribution in [0.1, 0.15) is 36.5 Å². The fraction of sp³-hybridized carbons (Fsp3) is 0.583. The molecular formula is C12H16N2O3S. The molecule has 0 bridgehead atoms. The number of ketones is 1. The highest BCUT2D eigenvalue weighted by Crippen LogP contribution is 2.25. The number of thioether (sulfide) groups is 1. The molecule has 1 atom stereocenters. The van der Waals surface area contributed by atoms with Crippen molar-refractivity contribution in [2.45, 2.75) is 38.0 Å². The van der Waals surface area contributed by atoms with Gasteiger partial charge < -0.3 is 4.98 Å². The van der Waals surface area contributed by atoms with Crippen molar-refractivity contribution in [2.24, 2.45) is 0 Å². The van der Waals surface area contributed by atoms with E-state index in [1.54, 1.807) is 11.8 Å². The van der Waals surface area contributed by atoms with Crippen LogP contribution in [-0.2, 0) is 6.54 Å². The van der Waals surface area contributed by atoms with E-state index < -0.39 is 11.2 Å². The van der Waals surface area contributed by atoms with Crippen LogP contribution in [0.15, 0.2) is 15.8 Å². The summed E-state index contributed by atoms with van der Waals surface area (Å²) in [4.78, 5) is 37.4. The van der Waals surface area contributed by atoms with Crippen LogP contribution in [0.3, 0.4) is 0 Å². The summed E-state index contributed by atoms with van der Waals surface area (Å²) in [6, 6.07) is 0. The van der Waals surface area contributed by atoms with Crippen LogP contribution in [0.25, 0.3) is 0 Å². The Morgan fingerprint density at radius 2 is 2.28 bits per heavy atom. The molecule has 0 saturated carbocycles. The number of aromatic amines is 1. The highest BCUT2D eigenvalue weighted by molar-refractivity contribution is 7.99. The van der Waals surface area contributed by atoms with Gasteiger partial charge in [-0.3, -0.25) is 14.2 Å². The normalized spacial score (nSPS) is 19.7. The first-order valence-corrected chi connectivity index (χ1v) is 7.09. The smallest absolute Gasteiger partial charge is 0.313 e. The third-order valence-electron chi connectivity index (χ3n) is 3.10. The molecule has 1 fully saturated rings. The summed E-state index contributed by atoms with van der Waals surface area (Å²) in [7, 11) is 0. The van der Waals surface area contributed by atoms with Gasteiger partial charge in [-0.15, -0.1) is 0 Å². The minimum Gasteiger partial charge on any atom is -0.313 e. The number of nitrogens with one attached hydrogen (secondary N) is 1. The summed E-state index contributed by atoms with van der Waals surface area (Å²) in [5.41, 5.74) is -0.857. The first kappa shape index (κ1) is 13.1. The van der Waals surface area contributed by atoms with Crippen molar-refractivity contribution in [2.75, 3.05) is 5.75 Å². The maximum absolute atomic E-state index is 12.0. The van der Waals surface area contributed by atoms with Crippen LogP contribution >= 0.6 is 11.8 Å². The van der Waals surface area contributed by atoms with Crippen molar-refractivity contribution in [1.29, 1.82) is 0 Å².